The highest BCUT2D eigenvalue weighted by Crippen LogP contribution is 2.26. The van der Waals surface area contributed by atoms with Gasteiger partial charge < -0.3 is 19.9 Å². The average molecular weight is 443 g/mol. The van der Waals surface area contributed by atoms with Crippen LogP contribution in [0.2, 0.25) is 0 Å². The van der Waals surface area contributed by atoms with Gasteiger partial charge in [0.25, 0.3) is 5.91 Å². The van der Waals surface area contributed by atoms with Crippen LogP contribution in [0.15, 0.2) is 48.5 Å². The maximum Gasteiger partial charge on any atom is 0.303 e. The molecule has 1 atom stereocenters. The van der Waals surface area contributed by atoms with Gasteiger partial charge in [0, 0.05) is 65.1 Å². The smallest absolute Gasteiger partial charge is 0.303 e. The van der Waals surface area contributed by atoms with E-state index in [-0.39, 0.29) is 24.4 Å². The van der Waals surface area contributed by atoms with Crippen molar-refractivity contribution >= 4 is 23.3 Å². The van der Waals surface area contributed by atoms with Crippen LogP contribution < -0.4 is 15.1 Å². The predicted octanol–water partition coefficient (Wildman–Crippen LogP) is 2.43. The molecule has 1 amide bonds. The van der Waals surface area contributed by atoms with Crippen LogP contribution in [-0.4, -0.2) is 70.2 Å². The molecule has 1 saturated heterocycles. The number of rotatable bonds is 8. The molecule has 172 valence electrons. The molecule has 1 N–H and O–H groups in total. The summed E-state index contributed by atoms with van der Waals surface area (Å²) >= 11 is 0. The van der Waals surface area contributed by atoms with Crippen LogP contribution >= 0.6 is 0 Å². The van der Waals surface area contributed by atoms with E-state index in [1.165, 1.54) is 19.1 Å². The molecule has 2 aromatic rings. The fourth-order valence-electron chi connectivity index (χ4n) is 3.82. The van der Waals surface area contributed by atoms with Gasteiger partial charge in [0.05, 0.1) is 6.04 Å². The summed E-state index contributed by atoms with van der Waals surface area (Å²) in [5, 5.41) is 2.90. The summed E-state index contributed by atoms with van der Waals surface area (Å²) in [6.45, 7) is 4.63. The third-order valence-electron chi connectivity index (χ3n) is 5.64. The van der Waals surface area contributed by atoms with E-state index in [2.05, 4.69) is 39.4 Å². The fourth-order valence-corrected chi connectivity index (χ4v) is 3.82. The topological polar surface area (TPSA) is 65.1 Å². The molecule has 1 aliphatic rings. The zero-order chi connectivity index (χ0) is 23.1. The number of piperazine rings is 1. The van der Waals surface area contributed by atoms with E-state index >= 15 is 0 Å². The molecule has 1 fully saturated rings. The number of carbonyl (C=O) groups is 2. The Morgan fingerprint density at radius 2 is 1.66 bits per heavy atom. The zero-order valence-corrected chi connectivity index (χ0v) is 18.9. The highest BCUT2D eigenvalue weighted by molar-refractivity contribution is 5.79. The molecular formula is C24H31FN4O3. The summed E-state index contributed by atoms with van der Waals surface area (Å²) in [5.41, 5.74) is 3.22. The Morgan fingerprint density at radius 1 is 1.03 bits per heavy atom. The van der Waals surface area contributed by atoms with Crippen LogP contribution in [0.25, 0.3) is 0 Å². The number of halogens is 1. The second-order valence-electron chi connectivity index (χ2n) is 8.09. The second kappa shape index (κ2) is 10.9. The van der Waals surface area contributed by atoms with E-state index in [1.54, 1.807) is 12.1 Å². The normalized spacial score (nSPS) is 15.2. The van der Waals surface area contributed by atoms with Crippen molar-refractivity contribution in [3.8, 4) is 0 Å². The van der Waals surface area contributed by atoms with Crippen molar-refractivity contribution in [3.05, 3.63) is 59.9 Å². The van der Waals surface area contributed by atoms with Crippen LogP contribution in [0.3, 0.4) is 0 Å². The number of hydrogen-bond acceptors (Lipinski definition) is 6. The molecule has 2 aromatic carbocycles. The number of nitrogens with zero attached hydrogens (tertiary/aromatic N) is 3. The summed E-state index contributed by atoms with van der Waals surface area (Å²) in [4.78, 5) is 29.7. The van der Waals surface area contributed by atoms with Crippen molar-refractivity contribution in [2.45, 2.75) is 13.0 Å². The maximum atomic E-state index is 13.2. The first kappa shape index (κ1) is 23.5. The lowest BCUT2D eigenvalue weighted by atomic mass is 10.0. The minimum atomic E-state index is -0.479. The number of ether oxygens (including phenoxy) is 1. The standard InChI is InChI=1S/C24H31FN4O3/c1-18(30)32-17-24(31)26-16-23(19-4-8-21(9-5-19)27(2)3)29-14-12-28(13-15-29)22-10-6-20(25)7-11-22/h4-11,23H,12-17H2,1-3H3,(H,26,31). The molecule has 7 nitrogen and oxygen atoms in total. The van der Waals surface area contributed by atoms with Gasteiger partial charge in [-0.05, 0) is 42.0 Å². The SMILES string of the molecule is CC(=O)OCC(=O)NCC(c1ccc(N(C)C)cc1)N1CCN(c2ccc(F)cc2)CC1. The molecule has 1 aliphatic heterocycles. The lowest BCUT2D eigenvalue weighted by Crippen LogP contribution is -2.50. The van der Waals surface area contributed by atoms with Crippen LogP contribution in [-0.2, 0) is 14.3 Å². The maximum absolute atomic E-state index is 13.2. The minimum absolute atomic E-state index is 0.0112. The summed E-state index contributed by atoms with van der Waals surface area (Å²) < 4.78 is 18.0. The van der Waals surface area contributed by atoms with Crippen LogP contribution in [0, 0.1) is 5.82 Å². The molecular weight excluding hydrogens is 411 g/mol. The Bertz CT molecular complexity index is 894. The molecule has 3 rings (SSSR count). The van der Waals surface area contributed by atoms with Gasteiger partial charge in [-0.1, -0.05) is 12.1 Å². The summed E-state index contributed by atoms with van der Waals surface area (Å²) in [6.07, 6.45) is 0. The molecule has 0 saturated carbocycles. The summed E-state index contributed by atoms with van der Waals surface area (Å²) in [6, 6.07) is 14.9. The van der Waals surface area contributed by atoms with E-state index < -0.39 is 5.97 Å². The van der Waals surface area contributed by atoms with Crippen molar-refractivity contribution in [2.24, 2.45) is 0 Å². The summed E-state index contributed by atoms with van der Waals surface area (Å²) in [5.74, 6) is -1.04. The molecule has 0 aliphatic carbocycles. The van der Waals surface area contributed by atoms with Crippen molar-refractivity contribution in [3.63, 3.8) is 0 Å². The van der Waals surface area contributed by atoms with Crippen molar-refractivity contribution in [2.75, 3.05) is 63.2 Å². The molecule has 32 heavy (non-hydrogen) atoms. The third-order valence-corrected chi connectivity index (χ3v) is 5.64. The highest BCUT2D eigenvalue weighted by Gasteiger charge is 2.26. The number of anilines is 2. The van der Waals surface area contributed by atoms with Gasteiger partial charge in [-0.25, -0.2) is 4.39 Å². The van der Waals surface area contributed by atoms with Gasteiger partial charge in [0.1, 0.15) is 5.82 Å². The Kier molecular flexibility index (Phi) is 8.05. The number of hydrogen-bond donors (Lipinski definition) is 1. The number of esters is 1. The van der Waals surface area contributed by atoms with Gasteiger partial charge in [-0.15, -0.1) is 0 Å². The minimum Gasteiger partial charge on any atom is -0.456 e. The number of benzene rings is 2. The Labute approximate surface area is 188 Å². The molecule has 0 spiro atoms. The van der Waals surface area contributed by atoms with Gasteiger partial charge >= 0.3 is 5.97 Å². The van der Waals surface area contributed by atoms with Gasteiger partial charge in [0.15, 0.2) is 6.61 Å². The number of nitrogens with one attached hydrogen (secondary N) is 1. The molecule has 8 heteroatoms. The van der Waals surface area contributed by atoms with Crippen LogP contribution in [0.4, 0.5) is 15.8 Å². The predicted molar refractivity (Wildman–Crippen MR) is 123 cm³/mol. The lowest BCUT2D eigenvalue weighted by Gasteiger charge is -2.40. The molecule has 1 unspecified atom stereocenters. The first-order valence-corrected chi connectivity index (χ1v) is 10.8. The summed E-state index contributed by atoms with van der Waals surface area (Å²) in [7, 11) is 3.99. The lowest BCUT2D eigenvalue weighted by molar-refractivity contribution is -0.146. The van der Waals surface area contributed by atoms with Gasteiger partial charge in [-0.2, -0.15) is 0 Å². The van der Waals surface area contributed by atoms with Crippen molar-refractivity contribution in [1.29, 1.82) is 0 Å². The number of amides is 1. The van der Waals surface area contributed by atoms with E-state index in [4.69, 9.17) is 4.74 Å². The first-order valence-electron chi connectivity index (χ1n) is 10.8. The van der Waals surface area contributed by atoms with Crippen LogP contribution in [0.1, 0.15) is 18.5 Å². The Hall–Kier alpha value is -3.13. The van der Waals surface area contributed by atoms with E-state index in [9.17, 15) is 14.0 Å². The largest absolute Gasteiger partial charge is 0.456 e. The molecule has 1 heterocycles. The Morgan fingerprint density at radius 3 is 2.22 bits per heavy atom. The second-order valence-corrected chi connectivity index (χ2v) is 8.09. The van der Waals surface area contributed by atoms with Crippen LogP contribution in [0.5, 0.6) is 0 Å². The van der Waals surface area contributed by atoms with Gasteiger partial charge in [0.2, 0.25) is 0 Å². The monoisotopic (exact) mass is 442 g/mol. The first-order chi connectivity index (χ1) is 15.3. The van der Waals surface area contributed by atoms with E-state index in [0.29, 0.717) is 6.54 Å². The quantitative estimate of drug-likeness (QED) is 0.634. The van der Waals surface area contributed by atoms with E-state index in [0.717, 1.165) is 43.1 Å². The average Bonchev–Trinajstić information content (AvgIpc) is 2.79. The van der Waals surface area contributed by atoms with Crippen molar-refractivity contribution < 1.29 is 18.7 Å². The van der Waals surface area contributed by atoms with E-state index in [1.807, 2.05) is 19.0 Å². The molecule has 0 radical (unpaired) electrons. The highest BCUT2D eigenvalue weighted by atomic mass is 19.1. The zero-order valence-electron chi connectivity index (χ0n) is 18.9. The number of carbonyl (C=O) groups excluding carboxylic acids is 2. The Balaban J connectivity index is 1.68. The third kappa shape index (κ3) is 6.43. The van der Waals surface area contributed by atoms with Crippen molar-refractivity contribution in [1.82, 2.24) is 10.2 Å². The molecule has 0 aromatic heterocycles. The van der Waals surface area contributed by atoms with Gasteiger partial charge in [-0.3, -0.25) is 14.5 Å². The fraction of sp³-hybridized carbons (Fsp3) is 0.417. The molecule has 0 bridgehead atoms.